The number of hydrogen-bond donors (Lipinski definition) is 0. The Balaban J connectivity index is 0.000000254. The minimum atomic E-state index is 0.0926. The summed E-state index contributed by atoms with van der Waals surface area (Å²) in [4.78, 5) is 20.5. The first kappa shape index (κ1) is 15.7. The van der Waals surface area contributed by atoms with Gasteiger partial charge in [-0.3, -0.25) is 9.36 Å². The van der Waals surface area contributed by atoms with E-state index < -0.39 is 0 Å². The number of aryl methyl sites for hydroxylation is 1. The fourth-order valence-corrected chi connectivity index (χ4v) is 1.92. The zero-order valence-corrected chi connectivity index (χ0v) is 13.3. The van der Waals surface area contributed by atoms with Crippen LogP contribution in [0, 0.1) is 6.92 Å². The summed E-state index contributed by atoms with van der Waals surface area (Å²) < 4.78 is 2.06. The van der Waals surface area contributed by atoms with Crippen molar-refractivity contribution in [3.05, 3.63) is 54.5 Å². The molecule has 3 aromatic rings. The summed E-state index contributed by atoms with van der Waals surface area (Å²) in [5.41, 5.74) is 2.10. The zero-order chi connectivity index (χ0) is 16.1. The summed E-state index contributed by atoms with van der Waals surface area (Å²) in [6.45, 7) is 3.52. The molecule has 2 aromatic heterocycles. The lowest BCUT2D eigenvalue weighted by atomic mass is 10.3. The number of fused-ring (bicyclic) bond motifs is 1. The Morgan fingerprint density at radius 2 is 1.73 bits per heavy atom. The molecule has 0 saturated heterocycles. The first-order chi connectivity index (χ1) is 10.5. The molecule has 2 heterocycles. The lowest BCUT2D eigenvalue weighted by Crippen LogP contribution is -2.17. The van der Waals surface area contributed by atoms with E-state index in [1.54, 1.807) is 20.3 Å². The molecule has 0 unspecified atom stereocenters. The van der Waals surface area contributed by atoms with Gasteiger partial charge < -0.3 is 4.90 Å². The maximum absolute atomic E-state index is 10.1. The van der Waals surface area contributed by atoms with Gasteiger partial charge in [-0.2, -0.15) is 0 Å². The number of nitrogens with zero attached hydrogens (tertiary/aromatic N) is 4. The van der Waals surface area contributed by atoms with Gasteiger partial charge in [0.05, 0.1) is 11.0 Å². The predicted octanol–water partition coefficient (Wildman–Crippen LogP) is 2.82. The Bertz CT molecular complexity index is 763. The third-order valence-electron chi connectivity index (χ3n) is 3.24. The number of amides is 1. The highest BCUT2D eigenvalue weighted by atomic mass is 16.2. The SMILES string of the molecule is CC(=O)N(C)C.Cc1nc2ccccc2n1-c1ccccn1. The molecular weight excluding hydrogens is 276 g/mol. The van der Waals surface area contributed by atoms with Crippen LogP contribution in [0.4, 0.5) is 0 Å². The first-order valence-electron chi connectivity index (χ1n) is 7.04. The smallest absolute Gasteiger partial charge is 0.218 e. The summed E-state index contributed by atoms with van der Waals surface area (Å²) in [6.07, 6.45) is 1.80. The topological polar surface area (TPSA) is 51.0 Å². The molecule has 1 amide bonds. The molecule has 0 atom stereocenters. The number of para-hydroxylation sites is 2. The lowest BCUT2D eigenvalue weighted by molar-refractivity contribution is -0.126. The standard InChI is InChI=1S/C13H11N3.C4H9NO/c1-10-15-11-6-2-3-7-12(11)16(10)13-8-4-5-9-14-13;1-4(6)5(2)3/h2-9H,1H3;1-3H3. The van der Waals surface area contributed by atoms with E-state index in [4.69, 9.17) is 0 Å². The number of pyridine rings is 1. The van der Waals surface area contributed by atoms with Crippen molar-refractivity contribution >= 4 is 16.9 Å². The van der Waals surface area contributed by atoms with E-state index in [9.17, 15) is 4.79 Å². The van der Waals surface area contributed by atoms with Crippen molar-refractivity contribution in [2.75, 3.05) is 14.1 Å². The van der Waals surface area contributed by atoms with Crippen LogP contribution in [0.3, 0.4) is 0 Å². The van der Waals surface area contributed by atoms with Crippen molar-refractivity contribution < 1.29 is 4.79 Å². The van der Waals surface area contributed by atoms with Crippen LogP contribution in [-0.2, 0) is 4.79 Å². The molecule has 5 heteroatoms. The van der Waals surface area contributed by atoms with Gasteiger partial charge in [-0.1, -0.05) is 18.2 Å². The van der Waals surface area contributed by atoms with E-state index in [1.807, 2.05) is 43.3 Å². The summed E-state index contributed by atoms with van der Waals surface area (Å²) in [5, 5.41) is 0. The van der Waals surface area contributed by atoms with Gasteiger partial charge in [0.1, 0.15) is 11.6 Å². The summed E-state index contributed by atoms with van der Waals surface area (Å²) in [7, 11) is 3.45. The van der Waals surface area contributed by atoms with Gasteiger partial charge in [0, 0.05) is 27.2 Å². The molecule has 0 aliphatic carbocycles. The van der Waals surface area contributed by atoms with Crippen LogP contribution in [0.5, 0.6) is 0 Å². The fraction of sp³-hybridized carbons (Fsp3) is 0.235. The normalized spacial score (nSPS) is 10.0. The minimum Gasteiger partial charge on any atom is -0.349 e. The van der Waals surface area contributed by atoms with Gasteiger partial charge >= 0.3 is 0 Å². The molecule has 0 radical (unpaired) electrons. The molecule has 0 saturated carbocycles. The van der Waals surface area contributed by atoms with E-state index in [0.29, 0.717) is 0 Å². The van der Waals surface area contributed by atoms with Gasteiger partial charge in [0.2, 0.25) is 5.91 Å². The Hall–Kier alpha value is -2.69. The number of carbonyl (C=O) groups is 1. The molecular formula is C17H20N4O. The van der Waals surface area contributed by atoms with Crippen molar-refractivity contribution in [2.24, 2.45) is 0 Å². The Morgan fingerprint density at radius 3 is 2.32 bits per heavy atom. The largest absolute Gasteiger partial charge is 0.349 e. The molecule has 114 valence electrons. The average Bonchev–Trinajstić information content (AvgIpc) is 2.84. The van der Waals surface area contributed by atoms with Crippen molar-refractivity contribution in [1.29, 1.82) is 0 Å². The van der Waals surface area contributed by atoms with Crippen LogP contribution in [0.25, 0.3) is 16.9 Å². The average molecular weight is 296 g/mol. The van der Waals surface area contributed by atoms with Crippen LogP contribution in [-0.4, -0.2) is 39.4 Å². The number of hydrogen-bond acceptors (Lipinski definition) is 3. The number of rotatable bonds is 1. The molecule has 0 spiro atoms. The van der Waals surface area contributed by atoms with E-state index >= 15 is 0 Å². The van der Waals surface area contributed by atoms with Gasteiger partial charge in [0.25, 0.3) is 0 Å². The van der Waals surface area contributed by atoms with Gasteiger partial charge in [-0.25, -0.2) is 9.97 Å². The highest BCUT2D eigenvalue weighted by molar-refractivity contribution is 5.77. The summed E-state index contributed by atoms with van der Waals surface area (Å²) >= 11 is 0. The van der Waals surface area contributed by atoms with E-state index in [-0.39, 0.29) is 5.91 Å². The first-order valence-corrected chi connectivity index (χ1v) is 7.04. The van der Waals surface area contributed by atoms with Crippen molar-refractivity contribution in [3.63, 3.8) is 0 Å². The fourth-order valence-electron chi connectivity index (χ4n) is 1.92. The van der Waals surface area contributed by atoms with Crippen LogP contribution >= 0.6 is 0 Å². The Morgan fingerprint density at radius 1 is 1.09 bits per heavy atom. The number of aromatic nitrogens is 3. The van der Waals surface area contributed by atoms with Crippen molar-refractivity contribution in [1.82, 2.24) is 19.4 Å². The van der Waals surface area contributed by atoms with Gasteiger partial charge in [0.15, 0.2) is 0 Å². The zero-order valence-electron chi connectivity index (χ0n) is 13.3. The molecule has 0 aliphatic heterocycles. The van der Waals surface area contributed by atoms with E-state index in [2.05, 4.69) is 20.6 Å². The minimum absolute atomic E-state index is 0.0926. The third-order valence-corrected chi connectivity index (χ3v) is 3.24. The van der Waals surface area contributed by atoms with Crippen LogP contribution < -0.4 is 0 Å². The second kappa shape index (κ2) is 6.85. The van der Waals surface area contributed by atoms with Crippen molar-refractivity contribution in [3.8, 4) is 5.82 Å². The number of carbonyl (C=O) groups excluding carboxylic acids is 1. The maximum atomic E-state index is 10.1. The summed E-state index contributed by atoms with van der Waals surface area (Å²) in [5.74, 6) is 1.96. The van der Waals surface area contributed by atoms with Gasteiger partial charge in [-0.15, -0.1) is 0 Å². The Labute approximate surface area is 130 Å². The van der Waals surface area contributed by atoms with E-state index in [0.717, 1.165) is 22.7 Å². The molecule has 22 heavy (non-hydrogen) atoms. The number of imidazole rings is 1. The molecule has 0 bridgehead atoms. The molecule has 3 rings (SSSR count). The third kappa shape index (κ3) is 3.49. The van der Waals surface area contributed by atoms with Crippen molar-refractivity contribution in [2.45, 2.75) is 13.8 Å². The van der Waals surface area contributed by atoms with Crippen LogP contribution in [0.15, 0.2) is 48.7 Å². The predicted molar refractivity (Wildman–Crippen MR) is 88.0 cm³/mol. The maximum Gasteiger partial charge on any atom is 0.218 e. The number of benzene rings is 1. The molecule has 0 fully saturated rings. The molecule has 0 N–H and O–H groups in total. The second-order valence-corrected chi connectivity index (χ2v) is 5.08. The highest BCUT2D eigenvalue weighted by Crippen LogP contribution is 2.19. The van der Waals surface area contributed by atoms with Crippen LogP contribution in [0.1, 0.15) is 12.7 Å². The van der Waals surface area contributed by atoms with Gasteiger partial charge in [-0.05, 0) is 31.2 Å². The quantitative estimate of drug-likeness (QED) is 0.694. The monoisotopic (exact) mass is 296 g/mol. The van der Waals surface area contributed by atoms with Crippen LogP contribution in [0.2, 0.25) is 0 Å². The summed E-state index contributed by atoms with van der Waals surface area (Å²) in [6, 6.07) is 14.0. The molecule has 1 aromatic carbocycles. The highest BCUT2D eigenvalue weighted by Gasteiger charge is 2.08. The van der Waals surface area contributed by atoms with E-state index in [1.165, 1.54) is 11.8 Å². The lowest BCUT2D eigenvalue weighted by Gasteiger charge is -2.04. The molecule has 0 aliphatic rings. The Kier molecular flexibility index (Phi) is 4.88. The second-order valence-electron chi connectivity index (χ2n) is 5.08. The molecule has 5 nitrogen and oxygen atoms in total.